The van der Waals surface area contributed by atoms with Gasteiger partial charge in [-0.1, -0.05) is 72.8 Å². The molecule has 0 atom stereocenters. The molecule has 0 aliphatic heterocycles. The molecule has 1 heterocycles. The molecule has 5 heteroatoms. The van der Waals surface area contributed by atoms with E-state index in [0.29, 0.717) is 5.56 Å². The Labute approximate surface area is 158 Å². The third-order valence-corrected chi connectivity index (χ3v) is 5.89. The standard InChI is InChI=1S/C22H18N2O2S/c25-27(26,21-14-5-4-13-20(21)17-8-2-1-3-9-17)24-16-19-11-6-10-18-12-7-15-23-22(18)19/h1-15,24H,16H2. The second-order valence-corrected chi connectivity index (χ2v) is 7.91. The zero-order chi connectivity index (χ0) is 18.7. The van der Waals surface area contributed by atoms with E-state index in [1.54, 1.807) is 18.3 Å². The number of pyridine rings is 1. The van der Waals surface area contributed by atoms with Crippen LogP contribution in [0, 0.1) is 0 Å². The summed E-state index contributed by atoms with van der Waals surface area (Å²) in [5.74, 6) is 0. The first-order valence-electron chi connectivity index (χ1n) is 8.62. The first kappa shape index (κ1) is 17.4. The smallest absolute Gasteiger partial charge is 0.241 e. The fraction of sp³-hybridized carbons (Fsp3) is 0.0455. The van der Waals surface area contributed by atoms with Gasteiger partial charge in [0.15, 0.2) is 0 Å². The van der Waals surface area contributed by atoms with Gasteiger partial charge in [0.2, 0.25) is 10.0 Å². The van der Waals surface area contributed by atoms with Crippen molar-refractivity contribution in [2.24, 2.45) is 0 Å². The van der Waals surface area contributed by atoms with Gasteiger partial charge in [0, 0.05) is 23.7 Å². The van der Waals surface area contributed by atoms with E-state index in [0.717, 1.165) is 22.0 Å². The van der Waals surface area contributed by atoms with E-state index in [9.17, 15) is 8.42 Å². The molecule has 1 N–H and O–H groups in total. The molecular weight excluding hydrogens is 356 g/mol. The van der Waals surface area contributed by atoms with Gasteiger partial charge >= 0.3 is 0 Å². The molecule has 1 aromatic heterocycles. The van der Waals surface area contributed by atoms with Crippen LogP contribution >= 0.6 is 0 Å². The second-order valence-electron chi connectivity index (χ2n) is 6.18. The minimum absolute atomic E-state index is 0.180. The maximum Gasteiger partial charge on any atom is 0.241 e. The van der Waals surface area contributed by atoms with Gasteiger partial charge in [0.1, 0.15) is 0 Å². The van der Waals surface area contributed by atoms with E-state index in [1.807, 2.05) is 72.8 Å². The molecule has 0 fully saturated rings. The summed E-state index contributed by atoms with van der Waals surface area (Å²) in [6.07, 6.45) is 1.71. The Bertz CT molecular complexity index is 1180. The number of hydrogen-bond donors (Lipinski definition) is 1. The zero-order valence-corrected chi connectivity index (χ0v) is 15.4. The summed E-state index contributed by atoms with van der Waals surface area (Å²) in [6.45, 7) is 0.180. The topological polar surface area (TPSA) is 59.1 Å². The number of nitrogens with zero attached hydrogens (tertiary/aromatic N) is 1. The average Bonchev–Trinajstić information content (AvgIpc) is 2.73. The number of nitrogens with one attached hydrogen (secondary N) is 1. The van der Waals surface area contributed by atoms with Crippen LogP contribution in [0.5, 0.6) is 0 Å². The van der Waals surface area contributed by atoms with Crippen molar-refractivity contribution in [1.82, 2.24) is 9.71 Å². The third-order valence-electron chi connectivity index (χ3n) is 4.43. The first-order valence-corrected chi connectivity index (χ1v) is 10.1. The van der Waals surface area contributed by atoms with Crippen molar-refractivity contribution >= 4 is 20.9 Å². The molecule has 0 spiro atoms. The Morgan fingerprint density at radius 2 is 1.52 bits per heavy atom. The van der Waals surface area contributed by atoms with Crippen molar-refractivity contribution in [3.05, 3.63) is 96.7 Å². The van der Waals surface area contributed by atoms with Crippen LogP contribution in [0.1, 0.15) is 5.56 Å². The molecular formula is C22H18N2O2S. The van der Waals surface area contributed by atoms with Crippen LogP contribution in [-0.4, -0.2) is 13.4 Å². The van der Waals surface area contributed by atoms with Gasteiger partial charge < -0.3 is 0 Å². The number of rotatable bonds is 5. The molecule has 0 bridgehead atoms. The summed E-state index contributed by atoms with van der Waals surface area (Å²) in [7, 11) is -3.68. The van der Waals surface area contributed by atoms with Gasteiger partial charge in [-0.2, -0.15) is 0 Å². The molecule has 0 amide bonds. The van der Waals surface area contributed by atoms with Gasteiger partial charge in [-0.15, -0.1) is 0 Å². The Balaban J connectivity index is 1.67. The lowest BCUT2D eigenvalue weighted by Gasteiger charge is -2.12. The fourth-order valence-corrected chi connectivity index (χ4v) is 4.35. The molecule has 0 radical (unpaired) electrons. The molecule has 0 unspecified atom stereocenters. The highest BCUT2D eigenvalue weighted by Crippen LogP contribution is 2.27. The fourth-order valence-electron chi connectivity index (χ4n) is 3.12. The summed E-state index contributed by atoms with van der Waals surface area (Å²) >= 11 is 0. The number of para-hydroxylation sites is 1. The average molecular weight is 374 g/mol. The molecule has 134 valence electrons. The van der Waals surface area contributed by atoms with E-state index in [1.165, 1.54) is 0 Å². The Kier molecular flexibility index (Phi) is 4.71. The third kappa shape index (κ3) is 3.60. The van der Waals surface area contributed by atoms with Crippen molar-refractivity contribution < 1.29 is 8.42 Å². The zero-order valence-electron chi connectivity index (χ0n) is 14.5. The quantitative estimate of drug-likeness (QED) is 0.564. The van der Waals surface area contributed by atoms with Gasteiger partial charge in [0.05, 0.1) is 10.4 Å². The molecule has 27 heavy (non-hydrogen) atoms. The van der Waals surface area contributed by atoms with Crippen LogP contribution in [0.2, 0.25) is 0 Å². The highest BCUT2D eigenvalue weighted by atomic mass is 32.2. The van der Waals surface area contributed by atoms with Crippen LogP contribution in [0.15, 0.2) is 96.0 Å². The maximum absolute atomic E-state index is 13.0. The lowest BCUT2D eigenvalue weighted by Crippen LogP contribution is -2.24. The predicted molar refractivity (Wildman–Crippen MR) is 108 cm³/mol. The monoisotopic (exact) mass is 374 g/mol. The van der Waals surface area contributed by atoms with Crippen molar-refractivity contribution in [1.29, 1.82) is 0 Å². The second kappa shape index (κ2) is 7.31. The minimum atomic E-state index is -3.68. The summed E-state index contributed by atoms with van der Waals surface area (Å²) in [5.41, 5.74) is 3.19. The molecule has 0 aliphatic carbocycles. The predicted octanol–water partition coefficient (Wildman–Crippen LogP) is 4.38. The Morgan fingerprint density at radius 3 is 2.37 bits per heavy atom. The Hall–Kier alpha value is -3.02. The summed E-state index contributed by atoms with van der Waals surface area (Å²) < 4.78 is 28.7. The number of hydrogen-bond acceptors (Lipinski definition) is 3. The van der Waals surface area contributed by atoms with Gasteiger partial charge in [-0.25, -0.2) is 13.1 Å². The van der Waals surface area contributed by atoms with E-state index in [4.69, 9.17) is 0 Å². The van der Waals surface area contributed by atoms with E-state index < -0.39 is 10.0 Å². The summed E-state index contributed by atoms with van der Waals surface area (Å²) in [4.78, 5) is 4.65. The molecule has 0 aliphatic rings. The minimum Gasteiger partial charge on any atom is -0.256 e. The highest BCUT2D eigenvalue weighted by molar-refractivity contribution is 7.89. The highest BCUT2D eigenvalue weighted by Gasteiger charge is 2.19. The van der Waals surface area contributed by atoms with Crippen LogP contribution in [0.25, 0.3) is 22.0 Å². The molecule has 4 nitrogen and oxygen atoms in total. The number of benzene rings is 3. The lowest BCUT2D eigenvalue weighted by molar-refractivity contribution is 0.582. The molecule has 0 saturated heterocycles. The van der Waals surface area contributed by atoms with E-state index >= 15 is 0 Å². The molecule has 4 rings (SSSR count). The van der Waals surface area contributed by atoms with Gasteiger partial charge in [-0.05, 0) is 23.3 Å². The number of sulfonamides is 1. The Morgan fingerprint density at radius 1 is 0.778 bits per heavy atom. The van der Waals surface area contributed by atoms with Crippen LogP contribution in [0.3, 0.4) is 0 Å². The molecule has 4 aromatic rings. The van der Waals surface area contributed by atoms with Crippen molar-refractivity contribution in [2.45, 2.75) is 11.4 Å². The SMILES string of the molecule is O=S(=O)(NCc1cccc2cccnc12)c1ccccc1-c1ccccc1. The molecule has 0 saturated carbocycles. The van der Waals surface area contributed by atoms with Crippen molar-refractivity contribution in [3.8, 4) is 11.1 Å². The lowest BCUT2D eigenvalue weighted by atomic mass is 10.1. The molecule has 3 aromatic carbocycles. The largest absolute Gasteiger partial charge is 0.256 e. The van der Waals surface area contributed by atoms with E-state index in [-0.39, 0.29) is 11.4 Å². The first-order chi connectivity index (χ1) is 13.1. The van der Waals surface area contributed by atoms with Crippen LogP contribution in [-0.2, 0) is 16.6 Å². The normalized spacial score (nSPS) is 11.6. The van der Waals surface area contributed by atoms with Crippen molar-refractivity contribution in [3.63, 3.8) is 0 Å². The van der Waals surface area contributed by atoms with Crippen LogP contribution < -0.4 is 4.72 Å². The number of aromatic nitrogens is 1. The summed E-state index contributed by atoms with van der Waals surface area (Å²) in [6, 6.07) is 26.1. The maximum atomic E-state index is 13.0. The van der Waals surface area contributed by atoms with Gasteiger partial charge in [0.25, 0.3) is 0 Å². The van der Waals surface area contributed by atoms with Crippen molar-refractivity contribution in [2.75, 3.05) is 0 Å². The number of fused-ring (bicyclic) bond motifs is 1. The van der Waals surface area contributed by atoms with E-state index in [2.05, 4.69) is 9.71 Å². The van der Waals surface area contributed by atoms with Crippen LogP contribution in [0.4, 0.5) is 0 Å². The van der Waals surface area contributed by atoms with Gasteiger partial charge in [-0.3, -0.25) is 4.98 Å². The summed E-state index contributed by atoms with van der Waals surface area (Å²) in [5, 5.41) is 0.985.